The Hall–Kier alpha value is -2.72. The molecule has 1 amide bonds. The number of nitrogens with zero attached hydrogens (tertiary/aromatic N) is 2. The third-order valence-electron chi connectivity index (χ3n) is 2.92. The van der Waals surface area contributed by atoms with Gasteiger partial charge in [0.1, 0.15) is 11.6 Å². The molecular weight excluding hydrogens is 360 g/mol. The van der Waals surface area contributed by atoms with Crippen LogP contribution in [0.25, 0.3) is 11.3 Å². The first-order chi connectivity index (χ1) is 11.4. The Morgan fingerprint density at radius 2 is 2.04 bits per heavy atom. The van der Waals surface area contributed by atoms with E-state index in [1.807, 2.05) is 0 Å². The van der Waals surface area contributed by atoms with E-state index >= 15 is 0 Å². The van der Waals surface area contributed by atoms with Crippen LogP contribution in [0.1, 0.15) is 9.67 Å². The summed E-state index contributed by atoms with van der Waals surface area (Å²) in [4.78, 5) is 26.3. The van der Waals surface area contributed by atoms with Gasteiger partial charge < -0.3 is 0 Å². The maximum absolute atomic E-state index is 13.7. The third kappa shape index (κ3) is 3.29. The zero-order chi connectivity index (χ0) is 17.3. The molecule has 2 heterocycles. The van der Waals surface area contributed by atoms with Crippen LogP contribution in [-0.4, -0.2) is 15.8 Å². The highest BCUT2D eigenvalue weighted by Gasteiger charge is 2.17. The van der Waals surface area contributed by atoms with Gasteiger partial charge >= 0.3 is 5.00 Å². The molecule has 122 valence electrons. The van der Waals surface area contributed by atoms with E-state index in [9.17, 15) is 23.7 Å². The van der Waals surface area contributed by atoms with Crippen molar-refractivity contribution in [1.29, 1.82) is 0 Å². The van der Waals surface area contributed by atoms with Crippen LogP contribution >= 0.6 is 22.7 Å². The number of nitrogens with one attached hydrogen (secondary N) is 1. The van der Waals surface area contributed by atoms with Gasteiger partial charge in [0.2, 0.25) is 0 Å². The van der Waals surface area contributed by atoms with Crippen LogP contribution in [0.4, 0.5) is 18.9 Å². The average molecular weight is 367 g/mol. The van der Waals surface area contributed by atoms with Gasteiger partial charge in [-0.3, -0.25) is 20.2 Å². The molecule has 0 saturated heterocycles. The molecule has 3 rings (SSSR count). The van der Waals surface area contributed by atoms with Crippen molar-refractivity contribution in [3.05, 3.63) is 62.3 Å². The van der Waals surface area contributed by atoms with Crippen molar-refractivity contribution in [2.45, 2.75) is 0 Å². The topological polar surface area (TPSA) is 85.1 Å². The molecule has 10 heteroatoms. The Kier molecular flexibility index (Phi) is 4.32. The second-order valence-electron chi connectivity index (χ2n) is 4.51. The van der Waals surface area contributed by atoms with Crippen LogP contribution in [0.2, 0.25) is 0 Å². The van der Waals surface area contributed by atoms with Crippen molar-refractivity contribution in [2.75, 3.05) is 5.32 Å². The number of carbonyl (C=O) groups is 1. The van der Waals surface area contributed by atoms with Gasteiger partial charge in [-0.1, -0.05) is 11.3 Å². The molecule has 24 heavy (non-hydrogen) atoms. The molecule has 0 radical (unpaired) electrons. The first-order valence-corrected chi connectivity index (χ1v) is 8.10. The monoisotopic (exact) mass is 367 g/mol. The van der Waals surface area contributed by atoms with Crippen molar-refractivity contribution in [3.8, 4) is 11.3 Å². The highest BCUT2D eigenvalue weighted by Crippen LogP contribution is 2.29. The summed E-state index contributed by atoms with van der Waals surface area (Å²) >= 11 is 1.77. The molecule has 0 saturated carbocycles. The van der Waals surface area contributed by atoms with Crippen LogP contribution in [0.15, 0.2) is 35.7 Å². The van der Waals surface area contributed by atoms with Crippen molar-refractivity contribution >= 4 is 38.7 Å². The highest BCUT2D eigenvalue weighted by atomic mass is 32.1. The molecule has 3 aromatic rings. The van der Waals surface area contributed by atoms with Gasteiger partial charge in [0.25, 0.3) is 5.91 Å². The minimum Gasteiger partial charge on any atom is -0.297 e. The Morgan fingerprint density at radius 1 is 1.25 bits per heavy atom. The predicted octanol–water partition coefficient (Wildman–Crippen LogP) is 4.31. The lowest BCUT2D eigenvalue weighted by Crippen LogP contribution is -2.09. The molecule has 0 aliphatic heterocycles. The molecule has 0 spiro atoms. The summed E-state index contributed by atoms with van der Waals surface area (Å²) in [5.74, 6) is -1.79. The second kappa shape index (κ2) is 6.42. The Balaban J connectivity index is 1.79. The molecule has 0 atom stereocenters. The number of nitro groups is 1. The Bertz CT molecular complexity index is 939. The molecule has 0 unspecified atom stereocenters. The largest absolute Gasteiger partial charge is 0.324 e. The van der Waals surface area contributed by atoms with E-state index in [1.165, 1.54) is 17.5 Å². The summed E-state index contributed by atoms with van der Waals surface area (Å²) in [7, 11) is 0. The van der Waals surface area contributed by atoms with Gasteiger partial charge in [-0.15, -0.1) is 11.3 Å². The average Bonchev–Trinajstić information content (AvgIpc) is 3.19. The summed E-state index contributed by atoms with van der Waals surface area (Å²) in [5, 5.41) is 14.6. The van der Waals surface area contributed by atoms with Crippen LogP contribution < -0.4 is 5.32 Å². The number of aromatic nitrogens is 1. The molecule has 0 fully saturated rings. The maximum Gasteiger partial charge on any atom is 0.324 e. The number of halogens is 2. The normalized spacial score (nSPS) is 10.6. The number of anilines is 1. The van der Waals surface area contributed by atoms with Gasteiger partial charge in [-0.2, -0.15) is 0 Å². The van der Waals surface area contributed by atoms with E-state index < -0.39 is 22.5 Å². The summed E-state index contributed by atoms with van der Waals surface area (Å²) in [6.07, 6.45) is 0. The first kappa shape index (κ1) is 16.1. The van der Waals surface area contributed by atoms with E-state index in [0.29, 0.717) is 0 Å². The zero-order valence-electron chi connectivity index (χ0n) is 11.7. The van der Waals surface area contributed by atoms with Gasteiger partial charge in [0.15, 0.2) is 5.13 Å². The van der Waals surface area contributed by atoms with E-state index in [4.69, 9.17) is 0 Å². The van der Waals surface area contributed by atoms with E-state index in [1.54, 1.807) is 0 Å². The smallest absolute Gasteiger partial charge is 0.297 e. The van der Waals surface area contributed by atoms with E-state index in [-0.39, 0.29) is 26.3 Å². The van der Waals surface area contributed by atoms with E-state index in [2.05, 4.69) is 10.3 Å². The quantitative estimate of drug-likeness (QED) is 0.550. The molecule has 0 aliphatic carbocycles. The van der Waals surface area contributed by atoms with Crippen molar-refractivity contribution in [2.24, 2.45) is 0 Å². The fourth-order valence-corrected chi connectivity index (χ4v) is 3.28. The lowest BCUT2D eigenvalue weighted by molar-refractivity contribution is -0.380. The Labute approximate surface area is 141 Å². The molecule has 1 N–H and O–H groups in total. The fraction of sp³-hybridized carbons (Fsp3) is 0. The molecular formula is C14H7F2N3O3S2. The molecule has 2 aromatic heterocycles. The highest BCUT2D eigenvalue weighted by molar-refractivity contribution is 7.17. The minimum absolute atomic E-state index is 0.0153. The number of hydrogen-bond acceptors (Lipinski definition) is 6. The van der Waals surface area contributed by atoms with Crippen LogP contribution in [0.5, 0.6) is 0 Å². The zero-order valence-corrected chi connectivity index (χ0v) is 13.3. The summed E-state index contributed by atoms with van der Waals surface area (Å²) in [6, 6.07) is 5.57. The predicted molar refractivity (Wildman–Crippen MR) is 86.4 cm³/mol. The van der Waals surface area contributed by atoms with Crippen LogP contribution in [-0.2, 0) is 0 Å². The summed E-state index contributed by atoms with van der Waals surface area (Å²) in [5.41, 5.74) is 0.169. The number of carbonyl (C=O) groups excluding carboxylic acids is 1. The Morgan fingerprint density at radius 3 is 2.75 bits per heavy atom. The molecule has 6 nitrogen and oxygen atoms in total. The van der Waals surface area contributed by atoms with Crippen molar-refractivity contribution in [3.63, 3.8) is 0 Å². The van der Waals surface area contributed by atoms with Crippen molar-refractivity contribution < 1.29 is 18.5 Å². The number of thiazole rings is 1. The summed E-state index contributed by atoms with van der Waals surface area (Å²) < 4.78 is 26.9. The van der Waals surface area contributed by atoms with Crippen molar-refractivity contribution in [1.82, 2.24) is 4.98 Å². The van der Waals surface area contributed by atoms with Crippen LogP contribution in [0, 0.1) is 21.7 Å². The van der Waals surface area contributed by atoms with Gasteiger partial charge in [0, 0.05) is 17.0 Å². The number of benzene rings is 1. The summed E-state index contributed by atoms with van der Waals surface area (Å²) in [6.45, 7) is 0. The standard InChI is InChI=1S/C14H7F2N3O3S2/c15-7-1-2-9(16)8(5-7)10-6-23-14(17-10)18-13(20)11-3-4-12(24-11)19(21)22/h1-6H,(H,17,18,20). The molecule has 0 aliphatic rings. The number of hydrogen-bond donors (Lipinski definition) is 1. The second-order valence-corrected chi connectivity index (χ2v) is 6.43. The third-order valence-corrected chi connectivity index (χ3v) is 4.72. The molecule has 0 bridgehead atoms. The molecule has 1 aromatic carbocycles. The SMILES string of the molecule is O=C(Nc1nc(-c2cc(F)ccc2F)cs1)c1ccc([N+](=O)[O-])s1. The number of amides is 1. The van der Waals surface area contributed by atoms with Gasteiger partial charge in [-0.25, -0.2) is 13.8 Å². The van der Waals surface area contributed by atoms with E-state index in [0.717, 1.165) is 40.9 Å². The van der Waals surface area contributed by atoms with Crippen LogP contribution in [0.3, 0.4) is 0 Å². The van der Waals surface area contributed by atoms with Gasteiger partial charge in [0.05, 0.1) is 15.5 Å². The number of thiophene rings is 1. The maximum atomic E-state index is 13.7. The van der Waals surface area contributed by atoms with Gasteiger partial charge in [-0.05, 0) is 24.3 Å². The number of rotatable bonds is 4. The lowest BCUT2D eigenvalue weighted by Gasteiger charge is -2.00. The fourth-order valence-electron chi connectivity index (χ4n) is 1.86. The minimum atomic E-state index is -0.631. The lowest BCUT2D eigenvalue weighted by atomic mass is 10.1. The first-order valence-electron chi connectivity index (χ1n) is 6.40.